The summed E-state index contributed by atoms with van der Waals surface area (Å²) in [6.45, 7) is 3.46. The first-order valence-electron chi connectivity index (χ1n) is 10.9. The van der Waals surface area contributed by atoms with E-state index in [4.69, 9.17) is 0 Å². The SMILES string of the molecule is O=C(CC1CC2(CCN(C(=O)c3cccs3)CC2)c2ccccc21)N1CCCC1. The highest BCUT2D eigenvalue weighted by Gasteiger charge is 2.46. The van der Waals surface area contributed by atoms with Gasteiger partial charge in [0.25, 0.3) is 5.91 Å². The minimum absolute atomic E-state index is 0.124. The van der Waals surface area contributed by atoms with Crippen molar-refractivity contribution in [2.75, 3.05) is 26.2 Å². The maximum absolute atomic E-state index is 12.8. The number of hydrogen-bond donors (Lipinski definition) is 0. The Balaban J connectivity index is 1.32. The van der Waals surface area contributed by atoms with Gasteiger partial charge in [-0.2, -0.15) is 0 Å². The summed E-state index contributed by atoms with van der Waals surface area (Å²) >= 11 is 1.52. The maximum Gasteiger partial charge on any atom is 0.263 e. The number of piperidine rings is 1. The molecule has 0 N–H and O–H groups in total. The van der Waals surface area contributed by atoms with E-state index in [9.17, 15) is 9.59 Å². The van der Waals surface area contributed by atoms with E-state index in [-0.39, 0.29) is 11.3 Å². The van der Waals surface area contributed by atoms with Crippen LogP contribution in [0.15, 0.2) is 41.8 Å². The zero-order valence-corrected chi connectivity index (χ0v) is 17.6. The molecule has 0 radical (unpaired) electrons. The Bertz CT molecular complexity index is 893. The summed E-state index contributed by atoms with van der Waals surface area (Å²) in [5.41, 5.74) is 2.93. The normalized spacial score (nSPS) is 22.8. The smallest absolute Gasteiger partial charge is 0.263 e. The van der Waals surface area contributed by atoms with Gasteiger partial charge in [-0.3, -0.25) is 9.59 Å². The third kappa shape index (κ3) is 3.39. The van der Waals surface area contributed by atoms with Crippen LogP contribution in [-0.2, 0) is 10.2 Å². The summed E-state index contributed by atoms with van der Waals surface area (Å²) in [5.74, 6) is 0.811. The van der Waals surface area contributed by atoms with Crippen LogP contribution in [0.25, 0.3) is 0 Å². The molecule has 2 aliphatic heterocycles. The molecular weight excluding hydrogens is 380 g/mol. The van der Waals surface area contributed by atoms with Gasteiger partial charge in [0.15, 0.2) is 0 Å². The van der Waals surface area contributed by atoms with Gasteiger partial charge in [0, 0.05) is 32.6 Å². The molecule has 2 fully saturated rings. The maximum atomic E-state index is 12.8. The molecule has 1 aromatic heterocycles. The van der Waals surface area contributed by atoms with E-state index in [1.165, 1.54) is 22.5 Å². The van der Waals surface area contributed by atoms with Crippen LogP contribution >= 0.6 is 11.3 Å². The van der Waals surface area contributed by atoms with Gasteiger partial charge in [0.05, 0.1) is 4.88 Å². The fourth-order valence-electron chi connectivity index (χ4n) is 5.68. The lowest BCUT2D eigenvalue weighted by atomic mass is 9.73. The van der Waals surface area contributed by atoms with Crippen LogP contribution in [-0.4, -0.2) is 47.8 Å². The van der Waals surface area contributed by atoms with E-state index in [0.29, 0.717) is 18.2 Å². The molecule has 5 rings (SSSR count). The molecule has 3 aliphatic rings. The monoisotopic (exact) mass is 408 g/mol. The Morgan fingerprint density at radius 2 is 1.72 bits per heavy atom. The van der Waals surface area contributed by atoms with Gasteiger partial charge in [-0.1, -0.05) is 30.3 Å². The van der Waals surface area contributed by atoms with Gasteiger partial charge in [0.2, 0.25) is 5.91 Å². The molecule has 4 nitrogen and oxygen atoms in total. The van der Waals surface area contributed by atoms with Crippen LogP contribution in [0.2, 0.25) is 0 Å². The number of carbonyl (C=O) groups is 2. The van der Waals surface area contributed by atoms with Crippen LogP contribution in [0.4, 0.5) is 0 Å². The lowest BCUT2D eigenvalue weighted by molar-refractivity contribution is -0.130. The molecule has 2 amide bonds. The molecule has 152 valence electrons. The van der Waals surface area contributed by atoms with Crippen LogP contribution < -0.4 is 0 Å². The first-order valence-corrected chi connectivity index (χ1v) is 11.7. The van der Waals surface area contributed by atoms with Crippen molar-refractivity contribution >= 4 is 23.2 Å². The van der Waals surface area contributed by atoms with Crippen LogP contribution in [0, 0.1) is 0 Å². The lowest BCUT2D eigenvalue weighted by Crippen LogP contribution is -2.44. The molecule has 1 aliphatic carbocycles. The average Bonchev–Trinajstić information content (AvgIpc) is 3.51. The average molecular weight is 409 g/mol. The molecule has 0 saturated carbocycles. The largest absolute Gasteiger partial charge is 0.343 e. The van der Waals surface area contributed by atoms with E-state index >= 15 is 0 Å². The highest BCUT2D eigenvalue weighted by atomic mass is 32.1. The van der Waals surface area contributed by atoms with Crippen molar-refractivity contribution in [3.8, 4) is 0 Å². The van der Waals surface area contributed by atoms with Gasteiger partial charge in [-0.15, -0.1) is 11.3 Å². The van der Waals surface area contributed by atoms with Crippen LogP contribution in [0.1, 0.15) is 65.2 Å². The topological polar surface area (TPSA) is 40.6 Å². The fourth-order valence-corrected chi connectivity index (χ4v) is 6.37. The van der Waals surface area contributed by atoms with Crippen molar-refractivity contribution in [1.82, 2.24) is 9.80 Å². The Kier molecular flexibility index (Phi) is 4.94. The fraction of sp³-hybridized carbons (Fsp3) is 0.500. The number of amides is 2. The quantitative estimate of drug-likeness (QED) is 0.754. The van der Waals surface area contributed by atoms with Gasteiger partial charge in [0.1, 0.15) is 0 Å². The molecule has 2 aromatic rings. The van der Waals surface area contributed by atoms with Crippen molar-refractivity contribution in [3.63, 3.8) is 0 Å². The second-order valence-corrected chi connectivity index (χ2v) is 9.78. The summed E-state index contributed by atoms with van der Waals surface area (Å²) in [7, 11) is 0. The van der Waals surface area contributed by atoms with Gasteiger partial charge >= 0.3 is 0 Å². The Labute approximate surface area is 176 Å². The van der Waals surface area contributed by atoms with Crippen LogP contribution in [0.3, 0.4) is 0 Å². The van der Waals surface area contributed by atoms with Gasteiger partial charge in [-0.25, -0.2) is 0 Å². The highest BCUT2D eigenvalue weighted by molar-refractivity contribution is 7.12. The summed E-state index contributed by atoms with van der Waals surface area (Å²) < 4.78 is 0. The molecule has 2 saturated heterocycles. The molecule has 3 heterocycles. The van der Waals surface area contributed by atoms with E-state index in [2.05, 4.69) is 29.2 Å². The number of likely N-dealkylation sites (tertiary alicyclic amines) is 2. The van der Waals surface area contributed by atoms with E-state index in [1.54, 1.807) is 0 Å². The first-order chi connectivity index (χ1) is 14.2. The molecule has 1 unspecified atom stereocenters. The molecule has 0 bridgehead atoms. The third-order valence-corrected chi connectivity index (χ3v) is 8.09. The second-order valence-electron chi connectivity index (χ2n) is 8.83. The highest BCUT2D eigenvalue weighted by Crippen LogP contribution is 2.52. The number of rotatable bonds is 3. The third-order valence-electron chi connectivity index (χ3n) is 7.23. The predicted molar refractivity (Wildman–Crippen MR) is 115 cm³/mol. The number of fused-ring (bicyclic) bond motifs is 2. The summed E-state index contributed by atoms with van der Waals surface area (Å²) in [4.78, 5) is 30.5. The van der Waals surface area contributed by atoms with Crippen molar-refractivity contribution in [2.45, 2.75) is 49.9 Å². The molecule has 1 spiro atoms. The minimum Gasteiger partial charge on any atom is -0.343 e. The number of carbonyl (C=O) groups excluding carboxylic acids is 2. The van der Waals surface area contributed by atoms with Crippen molar-refractivity contribution in [1.29, 1.82) is 0 Å². The second kappa shape index (κ2) is 7.60. The number of nitrogens with zero attached hydrogens (tertiary/aromatic N) is 2. The Morgan fingerprint density at radius 1 is 0.966 bits per heavy atom. The summed E-state index contributed by atoms with van der Waals surface area (Å²) in [6.07, 6.45) is 5.96. The predicted octanol–water partition coefficient (Wildman–Crippen LogP) is 4.42. The van der Waals surface area contributed by atoms with Crippen molar-refractivity contribution in [2.24, 2.45) is 0 Å². The summed E-state index contributed by atoms with van der Waals surface area (Å²) in [5, 5.41) is 1.97. The Hall–Kier alpha value is -2.14. The minimum atomic E-state index is 0.124. The van der Waals surface area contributed by atoms with E-state index in [1.807, 2.05) is 22.4 Å². The molecule has 5 heteroatoms. The zero-order chi connectivity index (χ0) is 19.8. The van der Waals surface area contributed by atoms with Crippen LogP contribution in [0.5, 0.6) is 0 Å². The molecule has 1 aromatic carbocycles. The molecule has 1 atom stereocenters. The van der Waals surface area contributed by atoms with E-state index < -0.39 is 0 Å². The molecular formula is C24H28N2O2S. The lowest BCUT2D eigenvalue weighted by Gasteiger charge is -2.40. The standard InChI is InChI=1S/C24H28N2O2S/c27-22(25-11-3-4-12-25)16-18-17-24(20-7-2-1-6-19(18)20)9-13-26(14-10-24)23(28)21-8-5-15-29-21/h1-2,5-8,15,18H,3-4,9-14,16-17H2. The zero-order valence-electron chi connectivity index (χ0n) is 16.8. The van der Waals surface area contributed by atoms with Crippen molar-refractivity contribution in [3.05, 3.63) is 57.8 Å². The van der Waals surface area contributed by atoms with Gasteiger partial charge in [-0.05, 0) is 66.0 Å². The van der Waals surface area contributed by atoms with E-state index in [0.717, 1.165) is 63.2 Å². The number of hydrogen-bond acceptors (Lipinski definition) is 3. The first kappa shape index (κ1) is 18.9. The van der Waals surface area contributed by atoms with Gasteiger partial charge < -0.3 is 9.80 Å². The summed E-state index contributed by atoms with van der Waals surface area (Å²) in [6, 6.07) is 12.6. The number of benzene rings is 1. The number of thiophene rings is 1. The molecule has 29 heavy (non-hydrogen) atoms. The Morgan fingerprint density at radius 3 is 2.45 bits per heavy atom. The van der Waals surface area contributed by atoms with Crippen molar-refractivity contribution < 1.29 is 9.59 Å².